The first-order valence-electron chi connectivity index (χ1n) is 20.5. The number of aryl methyl sites for hydroxylation is 1. The molecule has 2 bridgehead atoms. The summed E-state index contributed by atoms with van der Waals surface area (Å²) in [4.78, 5) is 39.7. The zero-order valence-corrected chi connectivity index (χ0v) is 37.3. The van der Waals surface area contributed by atoms with Crippen LogP contribution in [0.25, 0.3) is 10.8 Å². The Labute approximate surface area is 353 Å². The molecule has 7 aliphatic rings. The van der Waals surface area contributed by atoms with E-state index in [2.05, 4.69) is 20.8 Å². The number of epoxide rings is 1. The maximum absolute atomic E-state index is 14.6. The van der Waals surface area contributed by atoms with Gasteiger partial charge in [0.25, 0.3) is 11.6 Å². The van der Waals surface area contributed by atoms with Crippen LogP contribution >= 0.6 is 0 Å². The zero-order chi connectivity index (χ0) is 44.1. The van der Waals surface area contributed by atoms with Gasteiger partial charge in [-0.2, -0.15) is 0 Å². The summed E-state index contributed by atoms with van der Waals surface area (Å²) in [6.45, 7) is 16.5. The van der Waals surface area contributed by atoms with E-state index in [0.717, 1.165) is 0 Å². The van der Waals surface area contributed by atoms with Gasteiger partial charge in [0.1, 0.15) is 41.7 Å². The average molecular weight is 875 g/mol. The number of phenolic OH excluding ortho intramolecular Hbond substituents is 1. The largest absolute Gasteiger partial charge is 0.509 e. The normalized spacial score (nSPS) is 38.4. The molecule has 2 spiro atoms. The molecule has 2 N–H and O–H groups in total. The Hall–Kier alpha value is -3.63. The maximum Gasteiger partial charge on any atom is 0.509 e. The number of aromatic hydroxyl groups is 1. The highest BCUT2D eigenvalue weighted by molar-refractivity contribution is 6.74. The molecule has 19 heteroatoms. The third kappa shape index (κ3) is 5.48. The molecule has 2 aromatic carbocycles. The number of methoxy groups -OCH3 is 3. The van der Waals surface area contributed by atoms with Crippen LogP contribution in [0.4, 0.5) is 4.79 Å². The number of Topliss-reactive ketones (excluding diaryl/α,β-unsaturated/α-hetero) is 1. The summed E-state index contributed by atoms with van der Waals surface area (Å²) in [7, 11) is 1.73. The molecule has 61 heavy (non-hydrogen) atoms. The molecule has 0 aromatic heterocycles. The fraction of sp³-hybridized carbons (Fsp3) is 0.690. The predicted molar refractivity (Wildman–Crippen MR) is 210 cm³/mol. The van der Waals surface area contributed by atoms with Crippen molar-refractivity contribution in [1.29, 1.82) is 0 Å². The maximum atomic E-state index is 14.6. The number of hydrogen-bond acceptors (Lipinski definition) is 18. The summed E-state index contributed by atoms with van der Waals surface area (Å²) in [5.41, 5.74) is -2.02. The number of hydrogen-bond donors (Lipinski definition) is 2. The number of rotatable bonds is 9. The van der Waals surface area contributed by atoms with Gasteiger partial charge in [-0.1, -0.05) is 20.8 Å². The number of aliphatic hydroxyl groups excluding tert-OH is 1. The minimum absolute atomic E-state index is 0.0341. The number of carbonyl (C=O) groups is 3. The molecule has 6 heterocycles. The van der Waals surface area contributed by atoms with Crippen molar-refractivity contribution < 1.29 is 85.9 Å². The Kier molecular flexibility index (Phi) is 9.57. The predicted octanol–water partition coefficient (Wildman–Crippen LogP) is 4.89. The molecular weight excluding hydrogens is 821 g/mol. The van der Waals surface area contributed by atoms with Crippen LogP contribution in [-0.4, -0.2) is 130 Å². The topological polar surface area (TPSA) is 215 Å². The number of carbonyl (C=O) groups excluding carboxylic acids is 3. The van der Waals surface area contributed by atoms with Crippen molar-refractivity contribution in [2.45, 2.75) is 158 Å². The number of aliphatic hydroxyl groups is 1. The van der Waals surface area contributed by atoms with E-state index in [9.17, 15) is 24.6 Å². The number of phenols is 1. The van der Waals surface area contributed by atoms with E-state index < -0.39 is 110 Å². The van der Waals surface area contributed by atoms with Gasteiger partial charge in [0.15, 0.2) is 32.6 Å². The number of esters is 1. The molecule has 3 unspecified atom stereocenters. The molecule has 5 fully saturated rings. The zero-order valence-electron chi connectivity index (χ0n) is 36.3. The Bertz CT molecular complexity index is 2210. The second-order valence-corrected chi connectivity index (χ2v) is 23.3. The minimum Gasteiger partial charge on any atom is -0.506 e. The van der Waals surface area contributed by atoms with Crippen LogP contribution in [0.15, 0.2) is 6.07 Å². The fourth-order valence-electron chi connectivity index (χ4n) is 10.4. The third-order valence-corrected chi connectivity index (χ3v) is 18.8. The van der Waals surface area contributed by atoms with E-state index in [1.54, 1.807) is 19.9 Å². The molecule has 334 valence electrons. The molecule has 18 nitrogen and oxygen atoms in total. The van der Waals surface area contributed by atoms with E-state index in [1.807, 2.05) is 20.0 Å². The number of ketones is 1. The molecule has 9 rings (SSSR count). The first-order chi connectivity index (χ1) is 28.6. The van der Waals surface area contributed by atoms with Crippen molar-refractivity contribution in [2.75, 3.05) is 27.9 Å². The van der Waals surface area contributed by atoms with E-state index in [4.69, 9.17) is 61.3 Å². The lowest BCUT2D eigenvalue weighted by atomic mass is 9.77. The first-order valence-corrected chi connectivity index (χ1v) is 23.4. The van der Waals surface area contributed by atoms with Crippen molar-refractivity contribution in [2.24, 2.45) is 0 Å². The number of benzene rings is 2. The summed E-state index contributed by atoms with van der Waals surface area (Å²) in [6, 6.07) is 1.77. The summed E-state index contributed by atoms with van der Waals surface area (Å²) in [6.07, 6.45) is -10.8. The molecule has 1 aliphatic carbocycles. The van der Waals surface area contributed by atoms with E-state index >= 15 is 0 Å². The van der Waals surface area contributed by atoms with Gasteiger partial charge < -0.3 is 71.5 Å². The van der Waals surface area contributed by atoms with Gasteiger partial charge in [-0.3, -0.25) is 9.59 Å². The molecule has 5 saturated heterocycles. The van der Waals surface area contributed by atoms with Crippen LogP contribution in [-0.2, 0) is 56.6 Å². The summed E-state index contributed by atoms with van der Waals surface area (Å²) in [5.74, 6) is -5.09. The molecule has 12 atom stereocenters. The lowest BCUT2D eigenvalue weighted by Gasteiger charge is -2.52. The van der Waals surface area contributed by atoms with Gasteiger partial charge >= 0.3 is 12.1 Å². The van der Waals surface area contributed by atoms with E-state index in [0.29, 0.717) is 16.5 Å². The lowest BCUT2D eigenvalue weighted by molar-refractivity contribution is -0.387. The summed E-state index contributed by atoms with van der Waals surface area (Å²) >= 11 is 0. The first kappa shape index (κ1) is 42.7. The van der Waals surface area contributed by atoms with Crippen molar-refractivity contribution >= 4 is 37.0 Å². The lowest BCUT2D eigenvalue weighted by Crippen LogP contribution is -2.72. The van der Waals surface area contributed by atoms with Gasteiger partial charge in [-0.15, -0.1) is 0 Å². The monoisotopic (exact) mass is 874 g/mol. The standard InChI is InChI=1S/C42H54O18Si/c1-17-13-21-27(31(46)29-28(32(21)48-8)22(44)14-23(30(29)45)60-61(11,12)38(5,6)7)33-26(17)34-35-41(56-33,39(16-51-39)42(57-34,58-35)36(49-9)50-10)55-25-15-24(54-20(4)43)40(18(2)52-25)19(3)53-37(47)59-40/h13,18-19,22-25,34-36,44,46H,14-16H2,1-12H3/t18-,19-,22-,23-,24+,25-,34?,35?,39-,40-,41+,42?/m0/s1. The molecule has 2 aromatic rings. The molecule has 6 aliphatic heterocycles. The van der Waals surface area contributed by atoms with Crippen molar-refractivity contribution in [3.8, 4) is 17.2 Å². The van der Waals surface area contributed by atoms with E-state index in [-0.39, 0.29) is 52.5 Å². The molecule has 0 radical (unpaired) electrons. The van der Waals surface area contributed by atoms with Crippen molar-refractivity contribution in [3.63, 3.8) is 0 Å². The number of cyclic esters (lactones) is 1. The highest BCUT2D eigenvalue weighted by atomic mass is 28.4. The summed E-state index contributed by atoms with van der Waals surface area (Å²) in [5, 5.41) is 24.4. The van der Waals surface area contributed by atoms with Crippen molar-refractivity contribution in [1.82, 2.24) is 0 Å². The minimum atomic E-state index is -2.55. The average Bonchev–Trinajstić information content (AvgIpc) is 3.73. The SMILES string of the molecule is COc1c2c(c(O)c3c4c(c(C)cc13)C1OC3(C(OC)OC)OC1[C@@](O[C@H]1C[C@@H](OC(C)=O)[C@]5(OC(=O)O[C@H]5C)[C@H](C)O1)(O4)[C@@]31CO1)C(=O)[C@@H](O[Si](C)(C)C(C)(C)C)C[C@@H]2O. The van der Waals surface area contributed by atoms with Gasteiger partial charge in [-0.05, 0) is 50.5 Å². The second kappa shape index (κ2) is 13.7. The van der Waals surface area contributed by atoms with Crippen LogP contribution in [0.5, 0.6) is 17.2 Å². The fourth-order valence-corrected chi connectivity index (χ4v) is 11.7. The van der Waals surface area contributed by atoms with Crippen LogP contribution < -0.4 is 9.47 Å². The number of fused-ring (bicyclic) bond motifs is 8. The summed E-state index contributed by atoms with van der Waals surface area (Å²) < 4.78 is 81.8. The number of ether oxygens (including phenoxy) is 12. The second-order valence-electron chi connectivity index (χ2n) is 18.6. The smallest absolute Gasteiger partial charge is 0.506 e. The third-order valence-electron chi connectivity index (χ3n) is 14.3. The van der Waals surface area contributed by atoms with E-state index in [1.165, 1.54) is 28.3 Å². The Morgan fingerprint density at radius 3 is 2.28 bits per heavy atom. The van der Waals surface area contributed by atoms with Crippen LogP contribution in [0, 0.1) is 6.92 Å². The molecule has 0 amide bonds. The Morgan fingerprint density at radius 2 is 1.70 bits per heavy atom. The van der Waals surface area contributed by atoms with Gasteiger partial charge in [0.05, 0.1) is 30.8 Å². The molecule has 0 saturated carbocycles. The Morgan fingerprint density at radius 1 is 1.02 bits per heavy atom. The molecular formula is C42H54O18Si. The highest BCUT2D eigenvalue weighted by Gasteiger charge is 2.94. The van der Waals surface area contributed by atoms with Crippen molar-refractivity contribution in [3.05, 3.63) is 28.3 Å². The Balaban J connectivity index is 1.22. The quantitative estimate of drug-likeness (QED) is 0.148. The van der Waals surface area contributed by atoms with Gasteiger partial charge in [0, 0.05) is 50.5 Å². The van der Waals surface area contributed by atoms with Crippen LogP contribution in [0.3, 0.4) is 0 Å². The van der Waals surface area contributed by atoms with Crippen LogP contribution in [0.2, 0.25) is 18.1 Å². The van der Waals surface area contributed by atoms with Crippen LogP contribution in [0.1, 0.15) is 93.6 Å². The highest BCUT2D eigenvalue weighted by Crippen LogP contribution is 2.72. The van der Waals surface area contributed by atoms with Gasteiger partial charge in [-0.25, -0.2) is 4.79 Å². The van der Waals surface area contributed by atoms with Gasteiger partial charge in [0.2, 0.25) is 17.5 Å².